The number of piperidine rings is 1. The van der Waals surface area contributed by atoms with Crippen LogP contribution in [0.1, 0.15) is 25.3 Å². The zero-order valence-corrected chi connectivity index (χ0v) is 12.3. The molecule has 19 heavy (non-hydrogen) atoms. The minimum absolute atomic E-state index is 0.382. The Balaban J connectivity index is 1.97. The van der Waals surface area contributed by atoms with Gasteiger partial charge in [-0.25, -0.2) is 13.1 Å². The lowest BCUT2D eigenvalue weighted by Crippen LogP contribution is -2.42. The summed E-state index contributed by atoms with van der Waals surface area (Å²) in [5.74, 6) is 0.384. The summed E-state index contributed by atoms with van der Waals surface area (Å²) >= 11 is 0. The Hall–Kier alpha value is -0.910. The van der Waals surface area contributed by atoms with Gasteiger partial charge < -0.3 is 5.32 Å². The van der Waals surface area contributed by atoms with Crippen molar-refractivity contribution in [1.82, 2.24) is 10.0 Å². The second-order valence-electron chi connectivity index (χ2n) is 5.37. The fraction of sp³-hybridized carbons (Fsp3) is 0.571. The Kier molecular flexibility index (Phi) is 4.60. The molecule has 5 heteroatoms. The van der Waals surface area contributed by atoms with Crippen molar-refractivity contribution in [3.05, 3.63) is 29.8 Å². The van der Waals surface area contributed by atoms with Crippen LogP contribution in [0.15, 0.2) is 29.2 Å². The first-order valence-electron chi connectivity index (χ1n) is 6.78. The maximum absolute atomic E-state index is 12.2. The molecule has 1 fully saturated rings. The molecule has 1 saturated heterocycles. The quantitative estimate of drug-likeness (QED) is 0.883. The van der Waals surface area contributed by atoms with Crippen LogP contribution < -0.4 is 10.0 Å². The van der Waals surface area contributed by atoms with Crippen molar-refractivity contribution in [2.45, 2.75) is 37.6 Å². The molecule has 0 aromatic heterocycles. The molecule has 106 valence electrons. The molecule has 1 heterocycles. The topological polar surface area (TPSA) is 58.2 Å². The molecular weight excluding hydrogens is 260 g/mol. The largest absolute Gasteiger partial charge is 0.314 e. The minimum Gasteiger partial charge on any atom is -0.314 e. The molecule has 1 aliphatic heterocycles. The molecule has 0 spiro atoms. The number of rotatable bonds is 4. The van der Waals surface area contributed by atoms with Crippen LogP contribution in [0.3, 0.4) is 0 Å². The third-order valence-electron chi connectivity index (χ3n) is 3.71. The Bertz CT molecular complexity index is 520. The van der Waals surface area contributed by atoms with Gasteiger partial charge in [-0.3, -0.25) is 0 Å². The minimum atomic E-state index is -3.38. The van der Waals surface area contributed by atoms with Gasteiger partial charge in [-0.1, -0.05) is 18.2 Å². The van der Waals surface area contributed by atoms with Crippen molar-refractivity contribution in [1.29, 1.82) is 0 Å². The summed E-state index contributed by atoms with van der Waals surface area (Å²) in [5.41, 5.74) is 0.783. The standard InChI is InChI=1S/C14H22N2O2S/c1-11-5-3-4-6-14(11)19(17,18)16-10-13-8-7-12(2)15-9-13/h3-6,12-13,15-16H,7-10H2,1-2H3. The van der Waals surface area contributed by atoms with E-state index in [1.807, 2.05) is 19.1 Å². The van der Waals surface area contributed by atoms with Gasteiger partial charge in [-0.15, -0.1) is 0 Å². The van der Waals surface area contributed by atoms with Crippen molar-refractivity contribution in [3.8, 4) is 0 Å². The maximum atomic E-state index is 12.2. The highest BCUT2D eigenvalue weighted by molar-refractivity contribution is 7.89. The molecule has 2 atom stereocenters. The van der Waals surface area contributed by atoms with E-state index in [0.29, 0.717) is 23.4 Å². The van der Waals surface area contributed by atoms with Crippen molar-refractivity contribution in [3.63, 3.8) is 0 Å². The van der Waals surface area contributed by atoms with E-state index in [-0.39, 0.29) is 0 Å². The van der Waals surface area contributed by atoms with E-state index < -0.39 is 10.0 Å². The van der Waals surface area contributed by atoms with E-state index in [1.165, 1.54) is 0 Å². The lowest BCUT2D eigenvalue weighted by Gasteiger charge is -2.27. The highest BCUT2D eigenvalue weighted by Crippen LogP contribution is 2.16. The van der Waals surface area contributed by atoms with Crippen LogP contribution in [0, 0.1) is 12.8 Å². The van der Waals surface area contributed by atoms with Crippen molar-refractivity contribution in [2.75, 3.05) is 13.1 Å². The smallest absolute Gasteiger partial charge is 0.240 e. The zero-order chi connectivity index (χ0) is 13.9. The van der Waals surface area contributed by atoms with Gasteiger partial charge in [0.25, 0.3) is 0 Å². The Morgan fingerprint density at radius 3 is 2.68 bits per heavy atom. The highest BCUT2D eigenvalue weighted by atomic mass is 32.2. The van der Waals surface area contributed by atoms with Crippen molar-refractivity contribution >= 4 is 10.0 Å². The predicted octanol–water partition coefficient (Wildman–Crippen LogP) is 1.66. The van der Waals surface area contributed by atoms with Gasteiger partial charge in [-0.2, -0.15) is 0 Å². The molecule has 2 rings (SSSR count). The summed E-state index contributed by atoms with van der Waals surface area (Å²) in [6.45, 7) is 5.37. The summed E-state index contributed by atoms with van der Waals surface area (Å²) in [7, 11) is -3.38. The molecular formula is C14H22N2O2S. The fourth-order valence-electron chi connectivity index (χ4n) is 2.40. The average Bonchev–Trinajstić information content (AvgIpc) is 2.38. The normalized spacial score (nSPS) is 24.3. The number of benzene rings is 1. The van der Waals surface area contributed by atoms with Crippen molar-refractivity contribution < 1.29 is 8.42 Å². The van der Waals surface area contributed by atoms with Crippen molar-refractivity contribution in [2.24, 2.45) is 5.92 Å². The number of hydrogen-bond acceptors (Lipinski definition) is 3. The lowest BCUT2D eigenvalue weighted by atomic mass is 9.96. The van der Waals surface area contributed by atoms with Crippen LogP contribution in [-0.2, 0) is 10.0 Å². The number of aryl methyl sites for hydroxylation is 1. The summed E-state index contributed by atoms with van der Waals surface area (Å²) in [6, 6.07) is 7.62. The van der Waals surface area contributed by atoms with Gasteiger partial charge in [0.1, 0.15) is 0 Å². The molecule has 1 aromatic rings. The maximum Gasteiger partial charge on any atom is 0.240 e. The Morgan fingerprint density at radius 2 is 2.05 bits per heavy atom. The van der Waals surface area contributed by atoms with E-state index in [4.69, 9.17) is 0 Å². The first-order chi connectivity index (χ1) is 8.99. The van der Waals surface area contributed by atoms with Crippen LogP contribution in [0.25, 0.3) is 0 Å². The van der Waals surface area contributed by atoms with E-state index in [0.717, 1.165) is 24.9 Å². The highest BCUT2D eigenvalue weighted by Gasteiger charge is 2.21. The second-order valence-corrected chi connectivity index (χ2v) is 7.11. The SMILES string of the molecule is Cc1ccccc1S(=O)(=O)NCC1CCC(C)NC1. The number of sulfonamides is 1. The van der Waals surface area contributed by atoms with Gasteiger partial charge in [0.2, 0.25) is 10.0 Å². The molecule has 0 aliphatic carbocycles. The van der Waals surface area contributed by atoms with E-state index in [2.05, 4.69) is 17.0 Å². The number of hydrogen-bond donors (Lipinski definition) is 2. The summed E-state index contributed by atoms with van der Waals surface area (Å²) in [5, 5.41) is 3.38. The van der Waals surface area contributed by atoms with E-state index in [1.54, 1.807) is 12.1 Å². The Morgan fingerprint density at radius 1 is 1.32 bits per heavy atom. The summed E-state index contributed by atoms with van der Waals surface area (Å²) < 4.78 is 27.2. The van der Waals surface area contributed by atoms with Crippen LogP contribution in [-0.4, -0.2) is 27.5 Å². The predicted molar refractivity (Wildman–Crippen MR) is 76.6 cm³/mol. The zero-order valence-electron chi connectivity index (χ0n) is 11.5. The van der Waals surface area contributed by atoms with E-state index in [9.17, 15) is 8.42 Å². The van der Waals surface area contributed by atoms with Gasteiger partial charge in [0.05, 0.1) is 4.90 Å². The average molecular weight is 282 g/mol. The molecule has 0 radical (unpaired) electrons. The second kappa shape index (κ2) is 6.03. The van der Waals surface area contributed by atoms with Gasteiger partial charge in [0.15, 0.2) is 0 Å². The summed E-state index contributed by atoms with van der Waals surface area (Å²) in [6.07, 6.45) is 2.18. The molecule has 1 aliphatic rings. The van der Waals surface area contributed by atoms with Crippen LogP contribution in [0.4, 0.5) is 0 Å². The number of nitrogens with one attached hydrogen (secondary N) is 2. The molecule has 1 aromatic carbocycles. The monoisotopic (exact) mass is 282 g/mol. The third kappa shape index (κ3) is 3.78. The molecule has 0 saturated carbocycles. The third-order valence-corrected chi connectivity index (χ3v) is 5.29. The molecule has 4 nitrogen and oxygen atoms in total. The van der Waals surface area contributed by atoms with Gasteiger partial charge >= 0.3 is 0 Å². The van der Waals surface area contributed by atoms with E-state index >= 15 is 0 Å². The van der Waals surface area contributed by atoms with Gasteiger partial charge in [-0.05, 0) is 50.8 Å². The van der Waals surface area contributed by atoms with Crippen LogP contribution >= 0.6 is 0 Å². The fourth-order valence-corrected chi connectivity index (χ4v) is 3.76. The molecule has 2 unspecified atom stereocenters. The molecule has 2 N–H and O–H groups in total. The summed E-state index contributed by atoms with van der Waals surface area (Å²) in [4.78, 5) is 0.382. The van der Waals surface area contributed by atoms with Crippen LogP contribution in [0.2, 0.25) is 0 Å². The molecule has 0 amide bonds. The Labute approximate surface area is 115 Å². The lowest BCUT2D eigenvalue weighted by molar-refractivity contribution is 0.323. The first-order valence-corrected chi connectivity index (χ1v) is 8.26. The van der Waals surface area contributed by atoms with Crippen LogP contribution in [0.5, 0.6) is 0 Å². The first kappa shape index (κ1) is 14.5. The molecule has 0 bridgehead atoms. The van der Waals surface area contributed by atoms with Gasteiger partial charge in [0, 0.05) is 12.6 Å².